The molecular formula is C10H10N4O2S3. The molecular weight excluding hydrogens is 304 g/mol. The van der Waals surface area contributed by atoms with Crippen molar-refractivity contribution >= 4 is 56.5 Å². The molecule has 0 saturated heterocycles. The van der Waals surface area contributed by atoms with Gasteiger partial charge in [0.2, 0.25) is 11.8 Å². The molecule has 6 nitrogen and oxygen atoms in total. The first-order chi connectivity index (χ1) is 9.24. The van der Waals surface area contributed by atoms with Gasteiger partial charge in [0.1, 0.15) is 0 Å². The van der Waals surface area contributed by atoms with Gasteiger partial charge in [-0.25, -0.2) is 9.97 Å². The lowest BCUT2D eigenvalue weighted by atomic mass is 10.7. The van der Waals surface area contributed by atoms with Gasteiger partial charge in [-0.2, -0.15) is 0 Å². The quantitative estimate of drug-likeness (QED) is 0.851. The Morgan fingerprint density at radius 1 is 1.00 bits per heavy atom. The van der Waals surface area contributed by atoms with Gasteiger partial charge in [-0.3, -0.25) is 9.59 Å². The number of amides is 2. The largest absolute Gasteiger partial charge is 0.301 e. The van der Waals surface area contributed by atoms with Crippen LogP contribution in [0.2, 0.25) is 0 Å². The molecule has 0 unspecified atom stereocenters. The molecule has 2 rings (SSSR count). The fourth-order valence-electron chi connectivity index (χ4n) is 1.12. The Bertz CT molecular complexity index is 479. The maximum Gasteiger partial charge on any atom is 0.236 e. The van der Waals surface area contributed by atoms with Crippen LogP contribution in [0.1, 0.15) is 0 Å². The fourth-order valence-corrected chi connectivity index (χ4v) is 2.82. The van der Waals surface area contributed by atoms with E-state index in [1.165, 1.54) is 34.4 Å². The average Bonchev–Trinajstić information content (AvgIpc) is 3.02. The van der Waals surface area contributed by atoms with Crippen LogP contribution in [0, 0.1) is 0 Å². The average molecular weight is 314 g/mol. The number of nitrogens with zero attached hydrogens (tertiary/aromatic N) is 2. The number of nitrogens with one attached hydrogen (secondary N) is 2. The maximum absolute atomic E-state index is 11.5. The van der Waals surface area contributed by atoms with E-state index in [1.54, 1.807) is 23.2 Å². The number of thioether (sulfide) groups is 1. The highest BCUT2D eigenvalue weighted by atomic mass is 32.2. The standard InChI is InChI=1S/C10H10N4O2S3/c15-7(13-9-11-1-3-18-9)5-17-6-8(16)14-10-12-2-4-19-10/h1-4H,5-6H2,(H,11,13,15)(H,12,14,16). The number of hydrogen-bond donors (Lipinski definition) is 2. The molecule has 0 saturated carbocycles. The Hall–Kier alpha value is -1.45. The number of rotatable bonds is 6. The third-order valence-electron chi connectivity index (χ3n) is 1.82. The summed E-state index contributed by atoms with van der Waals surface area (Å²) in [6, 6.07) is 0. The van der Waals surface area contributed by atoms with Gasteiger partial charge in [0.25, 0.3) is 0 Å². The summed E-state index contributed by atoms with van der Waals surface area (Å²) in [5, 5.41) is 9.99. The smallest absolute Gasteiger partial charge is 0.236 e. The van der Waals surface area contributed by atoms with Crippen LogP contribution < -0.4 is 10.6 Å². The van der Waals surface area contributed by atoms with Gasteiger partial charge in [-0.1, -0.05) is 0 Å². The minimum atomic E-state index is -0.165. The van der Waals surface area contributed by atoms with Crippen LogP contribution in [0.3, 0.4) is 0 Å². The van der Waals surface area contributed by atoms with E-state index < -0.39 is 0 Å². The summed E-state index contributed by atoms with van der Waals surface area (Å²) in [7, 11) is 0. The van der Waals surface area contributed by atoms with Crippen LogP contribution in [0.15, 0.2) is 23.2 Å². The summed E-state index contributed by atoms with van der Waals surface area (Å²) < 4.78 is 0. The second kappa shape index (κ2) is 7.22. The second-order valence-electron chi connectivity index (χ2n) is 3.26. The van der Waals surface area contributed by atoms with Crippen molar-refractivity contribution in [3.05, 3.63) is 23.2 Å². The molecule has 19 heavy (non-hydrogen) atoms. The summed E-state index contributed by atoms with van der Waals surface area (Å²) >= 11 is 3.95. The highest BCUT2D eigenvalue weighted by Gasteiger charge is 2.08. The van der Waals surface area contributed by atoms with Crippen LogP contribution in [0.5, 0.6) is 0 Å². The zero-order valence-electron chi connectivity index (χ0n) is 9.66. The highest BCUT2D eigenvalue weighted by molar-refractivity contribution is 8.00. The maximum atomic E-state index is 11.5. The normalized spacial score (nSPS) is 10.1. The van der Waals surface area contributed by atoms with E-state index in [1.807, 2.05) is 0 Å². The molecule has 9 heteroatoms. The first-order valence-electron chi connectivity index (χ1n) is 5.20. The van der Waals surface area contributed by atoms with Crippen LogP contribution in [-0.4, -0.2) is 33.3 Å². The van der Waals surface area contributed by atoms with E-state index in [0.717, 1.165) is 0 Å². The molecule has 2 amide bonds. The first-order valence-corrected chi connectivity index (χ1v) is 8.12. The molecule has 0 aliphatic rings. The molecule has 2 N–H and O–H groups in total. The minimum absolute atomic E-state index is 0.165. The Labute approximate surface area is 121 Å². The predicted octanol–water partition coefficient (Wildman–Crippen LogP) is 1.91. The molecule has 0 aromatic carbocycles. The first kappa shape index (κ1) is 14.0. The second-order valence-corrected chi connectivity index (χ2v) is 6.04. The van der Waals surface area contributed by atoms with Crippen molar-refractivity contribution in [2.75, 3.05) is 22.1 Å². The van der Waals surface area contributed by atoms with Crippen molar-refractivity contribution in [1.29, 1.82) is 0 Å². The molecule has 0 fully saturated rings. The SMILES string of the molecule is O=C(CSCC(=O)Nc1nccs1)Nc1nccs1. The zero-order chi connectivity index (χ0) is 13.5. The van der Waals surface area contributed by atoms with E-state index in [-0.39, 0.29) is 23.3 Å². The topological polar surface area (TPSA) is 84.0 Å². The van der Waals surface area contributed by atoms with Gasteiger partial charge in [0.15, 0.2) is 10.3 Å². The summed E-state index contributed by atoms with van der Waals surface area (Å²) in [6.07, 6.45) is 3.24. The number of hydrogen-bond acceptors (Lipinski definition) is 7. The van der Waals surface area contributed by atoms with Crippen LogP contribution in [-0.2, 0) is 9.59 Å². The number of carbonyl (C=O) groups excluding carboxylic acids is 2. The van der Waals surface area contributed by atoms with Crippen molar-refractivity contribution in [1.82, 2.24) is 9.97 Å². The molecule has 0 bridgehead atoms. The Balaban J connectivity index is 1.63. The van der Waals surface area contributed by atoms with Crippen molar-refractivity contribution in [3.63, 3.8) is 0 Å². The van der Waals surface area contributed by atoms with Crippen LogP contribution in [0.25, 0.3) is 0 Å². The van der Waals surface area contributed by atoms with E-state index in [9.17, 15) is 9.59 Å². The lowest BCUT2D eigenvalue weighted by Crippen LogP contribution is -2.18. The third-order valence-corrected chi connectivity index (χ3v) is 4.13. The van der Waals surface area contributed by atoms with E-state index in [2.05, 4.69) is 20.6 Å². The molecule has 0 aliphatic heterocycles. The number of aromatic nitrogens is 2. The minimum Gasteiger partial charge on any atom is -0.301 e. The van der Waals surface area contributed by atoms with Gasteiger partial charge in [0.05, 0.1) is 11.5 Å². The molecule has 0 aliphatic carbocycles. The lowest BCUT2D eigenvalue weighted by molar-refractivity contribution is -0.114. The van der Waals surface area contributed by atoms with Gasteiger partial charge >= 0.3 is 0 Å². The summed E-state index contributed by atoms with van der Waals surface area (Å²) in [6.45, 7) is 0. The van der Waals surface area contributed by atoms with Crippen LogP contribution in [0.4, 0.5) is 10.3 Å². The van der Waals surface area contributed by atoms with Gasteiger partial charge < -0.3 is 10.6 Å². The third kappa shape index (κ3) is 4.97. The summed E-state index contributed by atoms with van der Waals surface area (Å²) in [5.41, 5.74) is 0. The summed E-state index contributed by atoms with van der Waals surface area (Å²) in [4.78, 5) is 30.9. The predicted molar refractivity (Wildman–Crippen MR) is 78.8 cm³/mol. The van der Waals surface area contributed by atoms with E-state index in [0.29, 0.717) is 10.3 Å². The van der Waals surface area contributed by atoms with E-state index in [4.69, 9.17) is 0 Å². The van der Waals surface area contributed by atoms with Crippen molar-refractivity contribution in [2.45, 2.75) is 0 Å². The van der Waals surface area contributed by atoms with Crippen molar-refractivity contribution in [2.24, 2.45) is 0 Å². The molecule has 2 aromatic heterocycles. The van der Waals surface area contributed by atoms with Gasteiger partial charge in [-0.15, -0.1) is 34.4 Å². The Morgan fingerprint density at radius 2 is 1.47 bits per heavy atom. The van der Waals surface area contributed by atoms with Crippen molar-refractivity contribution in [3.8, 4) is 0 Å². The van der Waals surface area contributed by atoms with Crippen molar-refractivity contribution < 1.29 is 9.59 Å². The Kier molecular flexibility index (Phi) is 5.31. The molecule has 0 spiro atoms. The zero-order valence-corrected chi connectivity index (χ0v) is 12.1. The molecule has 100 valence electrons. The highest BCUT2D eigenvalue weighted by Crippen LogP contribution is 2.12. The molecule has 2 heterocycles. The molecule has 0 radical (unpaired) electrons. The molecule has 2 aromatic rings. The van der Waals surface area contributed by atoms with Gasteiger partial charge in [-0.05, 0) is 0 Å². The number of carbonyl (C=O) groups is 2. The van der Waals surface area contributed by atoms with Gasteiger partial charge in [0, 0.05) is 23.2 Å². The van der Waals surface area contributed by atoms with Crippen LogP contribution >= 0.6 is 34.4 Å². The Morgan fingerprint density at radius 3 is 1.84 bits per heavy atom. The lowest BCUT2D eigenvalue weighted by Gasteiger charge is -2.02. The van der Waals surface area contributed by atoms with E-state index >= 15 is 0 Å². The monoisotopic (exact) mass is 314 g/mol. The number of thiazole rings is 2. The summed E-state index contributed by atoms with van der Waals surface area (Å²) in [5.74, 6) is 0.0967. The number of anilines is 2. The fraction of sp³-hybridized carbons (Fsp3) is 0.200. The molecule has 0 atom stereocenters.